The predicted octanol–water partition coefficient (Wildman–Crippen LogP) is 1.63. The summed E-state index contributed by atoms with van der Waals surface area (Å²) in [5.74, 6) is 0.502. The minimum Gasteiger partial charge on any atom is -0.381 e. The van der Waals surface area contributed by atoms with Crippen LogP contribution in [0.4, 0.5) is 0 Å². The highest BCUT2D eigenvalue weighted by Crippen LogP contribution is 2.19. The molecule has 0 saturated heterocycles. The van der Waals surface area contributed by atoms with Crippen LogP contribution >= 0.6 is 0 Å². The van der Waals surface area contributed by atoms with Gasteiger partial charge in [-0.2, -0.15) is 0 Å². The molecule has 5 nitrogen and oxygen atoms in total. The number of ether oxygens (including phenoxy) is 1. The minimum absolute atomic E-state index is 0.341. The number of hydrogen-bond acceptors (Lipinski definition) is 4. The van der Waals surface area contributed by atoms with E-state index in [-0.39, 0.29) is 0 Å². The average molecular weight is 312 g/mol. The third-order valence-corrected chi connectivity index (χ3v) is 4.79. The Balaban J connectivity index is 1.82. The number of sulfonamides is 1. The lowest BCUT2D eigenvalue weighted by molar-refractivity contribution is 0.108. The summed E-state index contributed by atoms with van der Waals surface area (Å²) in [7, 11) is -3.42. The first kappa shape index (κ1) is 16.4. The highest BCUT2D eigenvalue weighted by atomic mass is 32.2. The van der Waals surface area contributed by atoms with Gasteiger partial charge in [-0.15, -0.1) is 0 Å². The summed E-state index contributed by atoms with van der Waals surface area (Å²) >= 11 is 0. The van der Waals surface area contributed by atoms with Gasteiger partial charge in [-0.05, 0) is 35.6 Å². The van der Waals surface area contributed by atoms with Gasteiger partial charge in [-0.3, -0.25) is 0 Å². The summed E-state index contributed by atoms with van der Waals surface area (Å²) in [6.07, 6.45) is 0.679. The van der Waals surface area contributed by atoms with E-state index in [2.05, 4.69) is 23.9 Å². The first-order valence-electron chi connectivity index (χ1n) is 7.39. The summed E-state index contributed by atoms with van der Waals surface area (Å²) in [6, 6.07) is 5.31. The Bertz CT molecular complexity index is 570. The van der Waals surface area contributed by atoms with Gasteiger partial charge in [0.15, 0.2) is 0 Å². The maximum absolute atomic E-state index is 12.2. The molecule has 1 heterocycles. The third kappa shape index (κ3) is 4.78. The first-order valence-corrected chi connectivity index (χ1v) is 8.87. The van der Waals surface area contributed by atoms with E-state index >= 15 is 0 Å². The quantitative estimate of drug-likeness (QED) is 0.716. The van der Waals surface area contributed by atoms with Crippen molar-refractivity contribution < 1.29 is 13.2 Å². The Morgan fingerprint density at radius 2 is 2.05 bits per heavy atom. The number of hydrogen-bond donors (Lipinski definition) is 2. The fourth-order valence-corrected chi connectivity index (χ4v) is 3.35. The molecule has 1 aromatic rings. The van der Waals surface area contributed by atoms with Crippen molar-refractivity contribution in [2.24, 2.45) is 5.92 Å². The van der Waals surface area contributed by atoms with Crippen molar-refractivity contribution in [3.63, 3.8) is 0 Å². The van der Waals surface area contributed by atoms with E-state index in [9.17, 15) is 8.42 Å². The Morgan fingerprint density at radius 3 is 2.81 bits per heavy atom. The Morgan fingerprint density at radius 1 is 1.29 bits per heavy atom. The van der Waals surface area contributed by atoms with Crippen LogP contribution in [-0.2, 0) is 27.8 Å². The lowest BCUT2D eigenvalue weighted by atomic mass is 10.1. The normalized spacial score (nSPS) is 14.6. The van der Waals surface area contributed by atoms with Crippen LogP contribution in [0.15, 0.2) is 23.1 Å². The van der Waals surface area contributed by atoms with E-state index in [1.165, 1.54) is 5.56 Å². The van der Waals surface area contributed by atoms with Gasteiger partial charge < -0.3 is 10.1 Å². The predicted molar refractivity (Wildman–Crippen MR) is 82.4 cm³/mol. The van der Waals surface area contributed by atoms with E-state index in [1.807, 2.05) is 6.07 Å². The third-order valence-electron chi connectivity index (χ3n) is 3.33. The molecule has 6 heteroatoms. The van der Waals surface area contributed by atoms with E-state index in [0.717, 1.165) is 18.7 Å². The molecule has 0 bridgehead atoms. The molecule has 0 atom stereocenters. The molecule has 0 saturated carbocycles. The van der Waals surface area contributed by atoms with Gasteiger partial charge in [-0.25, -0.2) is 13.1 Å². The van der Waals surface area contributed by atoms with Crippen LogP contribution in [0.2, 0.25) is 0 Å². The van der Waals surface area contributed by atoms with Gasteiger partial charge >= 0.3 is 0 Å². The molecule has 21 heavy (non-hydrogen) atoms. The van der Waals surface area contributed by atoms with Crippen molar-refractivity contribution in [3.8, 4) is 0 Å². The fraction of sp³-hybridized carbons (Fsp3) is 0.600. The smallest absolute Gasteiger partial charge is 0.240 e. The van der Waals surface area contributed by atoms with Crippen molar-refractivity contribution in [1.29, 1.82) is 0 Å². The number of nitrogens with one attached hydrogen (secondary N) is 2. The lowest BCUT2D eigenvalue weighted by Gasteiger charge is -2.09. The zero-order valence-electron chi connectivity index (χ0n) is 12.7. The molecule has 0 unspecified atom stereocenters. The zero-order chi connectivity index (χ0) is 15.3. The summed E-state index contributed by atoms with van der Waals surface area (Å²) < 4.78 is 32.5. The SMILES string of the molecule is CC(C)COCCCNS(=O)(=O)c1ccc2c(c1)CNC2. The van der Waals surface area contributed by atoms with E-state index in [1.54, 1.807) is 12.1 Å². The first-order chi connectivity index (χ1) is 9.99. The highest BCUT2D eigenvalue weighted by Gasteiger charge is 2.17. The number of rotatable bonds is 8. The molecule has 0 spiro atoms. The molecule has 118 valence electrons. The zero-order valence-corrected chi connectivity index (χ0v) is 13.5. The lowest BCUT2D eigenvalue weighted by Crippen LogP contribution is -2.25. The number of fused-ring (bicyclic) bond motifs is 1. The van der Waals surface area contributed by atoms with Crippen molar-refractivity contribution in [3.05, 3.63) is 29.3 Å². The van der Waals surface area contributed by atoms with Crippen molar-refractivity contribution in [1.82, 2.24) is 10.0 Å². The second-order valence-corrected chi connectivity index (χ2v) is 7.52. The molecule has 0 amide bonds. The van der Waals surface area contributed by atoms with Gasteiger partial charge in [0, 0.05) is 32.8 Å². The van der Waals surface area contributed by atoms with Crippen molar-refractivity contribution in [2.75, 3.05) is 19.8 Å². The second-order valence-electron chi connectivity index (χ2n) is 5.75. The molecule has 0 fully saturated rings. The molecular formula is C15H24N2O3S. The largest absolute Gasteiger partial charge is 0.381 e. The summed E-state index contributed by atoms with van der Waals surface area (Å²) in [5.41, 5.74) is 2.24. The minimum atomic E-state index is -3.42. The monoisotopic (exact) mass is 312 g/mol. The maximum atomic E-state index is 12.2. The topological polar surface area (TPSA) is 67.4 Å². The molecular weight excluding hydrogens is 288 g/mol. The standard InChI is InChI=1S/C15H24N2O3S/c1-12(2)11-20-7-3-6-17-21(18,19)15-5-4-13-9-16-10-14(13)8-15/h4-5,8,12,16-17H,3,6-7,9-11H2,1-2H3. The van der Waals surface area contributed by atoms with Crippen LogP contribution in [0, 0.1) is 5.92 Å². The molecule has 2 N–H and O–H groups in total. The Kier molecular flexibility index (Phi) is 5.75. The highest BCUT2D eigenvalue weighted by molar-refractivity contribution is 7.89. The molecule has 1 aromatic carbocycles. The number of benzene rings is 1. The van der Waals surface area contributed by atoms with Crippen LogP contribution in [0.1, 0.15) is 31.4 Å². The summed E-state index contributed by atoms with van der Waals surface area (Å²) in [6.45, 7) is 7.42. The van der Waals surface area contributed by atoms with E-state index < -0.39 is 10.0 Å². The van der Waals surface area contributed by atoms with Crippen LogP contribution < -0.4 is 10.0 Å². The van der Waals surface area contributed by atoms with E-state index in [0.29, 0.717) is 37.0 Å². The molecule has 1 aliphatic heterocycles. The van der Waals surface area contributed by atoms with Gasteiger partial charge in [-0.1, -0.05) is 19.9 Å². The van der Waals surface area contributed by atoms with Gasteiger partial charge in [0.05, 0.1) is 4.90 Å². The Hall–Kier alpha value is -0.950. The average Bonchev–Trinajstić information content (AvgIpc) is 2.89. The van der Waals surface area contributed by atoms with Crippen molar-refractivity contribution in [2.45, 2.75) is 38.3 Å². The van der Waals surface area contributed by atoms with Crippen molar-refractivity contribution >= 4 is 10.0 Å². The van der Waals surface area contributed by atoms with Crippen LogP contribution in [0.3, 0.4) is 0 Å². The van der Waals surface area contributed by atoms with Gasteiger partial charge in [0.2, 0.25) is 10.0 Å². The summed E-state index contributed by atoms with van der Waals surface area (Å²) in [5, 5.41) is 3.21. The Labute approximate surface area is 127 Å². The maximum Gasteiger partial charge on any atom is 0.240 e. The molecule has 2 rings (SSSR count). The van der Waals surface area contributed by atoms with Crippen LogP contribution in [0.5, 0.6) is 0 Å². The molecule has 1 aliphatic rings. The molecule has 0 radical (unpaired) electrons. The van der Waals surface area contributed by atoms with Gasteiger partial charge in [0.1, 0.15) is 0 Å². The van der Waals surface area contributed by atoms with E-state index in [4.69, 9.17) is 4.74 Å². The second kappa shape index (κ2) is 7.35. The van der Waals surface area contributed by atoms with Crippen LogP contribution in [-0.4, -0.2) is 28.2 Å². The fourth-order valence-electron chi connectivity index (χ4n) is 2.22. The van der Waals surface area contributed by atoms with Crippen LogP contribution in [0.25, 0.3) is 0 Å². The molecule has 0 aromatic heterocycles. The molecule has 0 aliphatic carbocycles. The summed E-state index contributed by atoms with van der Waals surface area (Å²) in [4.78, 5) is 0.341. The van der Waals surface area contributed by atoms with Gasteiger partial charge in [0.25, 0.3) is 0 Å².